The summed E-state index contributed by atoms with van der Waals surface area (Å²) >= 11 is 0. The lowest BCUT2D eigenvalue weighted by Crippen LogP contribution is -2.22. The van der Waals surface area contributed by atoms with Crippen LogP contribution in [0.1, 0.15) is 0 Å². The van der Waals surface area contributed by atoms with Crippen LogP contribution in [0.4, 0.5) is 12.9 Å². The number of aliphatic hydroxyl groups is 2. The highest BCUT2D eigenvalue weighted by Crippen LogP contribution is 2.03. The Balaban J connectivity index is 0. The van der Waals surface area contributed by atoms with E-state index >= 15 is 0 Å². The first-order valence-electron chi connectivity index (χ1n) is 1.81. The zero-order valence-electron chi connectivity index (χ0n) is 4.61. The summed E-state index contributed by atoms with van der Waals surface area (Å²) in [5, 5.41) is 7.00. The summed E-state index contributed by atoms with van der Waals surface area (Å²) < 4.78 is 34.1. The predicted octanol–water partition coefficient (Wildman–Crippen LogP) is 0.0968. The van der Waals surface area contributed by atoms with Gasteiger partial charge in [0.2, 0.25) is 0 Å². The first kappa shape index (κ1) is 10.7. The Hall–Kier alpha value is -0.225. The van der Waals surface area contributed by atoms with Crippen molar-refractivity contribution in [1.29, 1.82) is 0 Å². The summed E-state index contributed by atoms with van der Waals surface area (Å²) in [5.41, 5.74) is 0. The van der Waals surface area contributed by atoms with Gasteiger partial charge >= 0.3 is 7.18 Å². The van der Waals surface area contributed by atoms with Gasteiger partial charge in [0.15, 0.2) is 0 Å². The molecule has 0 saturated carbocycles. The molecule has 0 spiro atoms. The fourth-order valence-electron chi connectivity index (χ4n) is 0. The zero-order chi connectivity index (χ0) is 7.21. The summed E-state index contributed by atoms with van der Waals surface area (Å²) in [6, 6.07) is 0. The monoisotopic (exact) mass is 132 g/mol. The molecule has 0 radical (unpaired) electrons. The predicted molar refractivity (Wildman–Crippen MR) is 25.4 cm³/mol. The summed E-state index contributed by atoms with van der Waals surface area (Å²) in [6.45, 7) is 0. The minimum atomic E-state index is -4.86. The third-order valence-corrected chi connectivity index (χ3v) is 0.293. The minimum Gasteiger partial charge on any atom is -0.595 e. The molecule has 2 nitrogen and oxygen atoms in total. The van der Waals surface area contributed by atoms with E-state index in [1.54, 1.807) is 0 Å². The second-order valence-corrected chi connectivity index (χ2v) is 0.798. The highest BCUT2D eigenvalue weighted by Gasteiger charge is 2.35. The van der Waals surface area contributed by atoms with Crippen molar-refractivity contribution in [2.45, 2.75) is 0 Å². The Morgan fingerprint density at radius 2 is 1.38 bits per heavy atom. The van der Waals surface area contributed by atoms with Crippen molar-refractivity contribution in [3.8, 4) is 0 Å². The van der Waals surface area contributed by atoms with Gasteiger partial charge in [0.1, 0.15) is 0 Å². The molecule has 0 bridgehead atoms. The van der Waals surface area contributed by atoms with Crippen molar-refractivity contribution < 1.29 is 22.7 Å². The number of aliphatic hydroxyl groups excluding tert-OH is 1. The van der Waals surface area contributed by atoms with Crippen LogP contribution in [-0.2, 0) is 0 Å². The van der Waals surface area contributed by atoms with Crippen molar-refractivity contribution in [2.24, 2.45) is 0 Å². The molecule has 0 rings (SSSR count). The van der Waals surface area contributed by atoms with Crippen LogP contribution < -0.4 is 0 Å². The summed E-state index contributed by atoms with van der Waals surface area (Å²) in [5.74, 6) is 0. The standard InChI is InChI=1S/CH4BF3O.CH4O/c1-6-2(3,4)5;1-2/h6H,1H3;2H,1H3. The molecule has 0 unspecified atom stereocenters. The van der Waals surface area contributed by atoms with Gasteiger partial charge in [0.25, 0.3) is 0 Å². The first-order valence-corrected chi connectivity index (χ1v) is 1.81. The molecular weight excluding hydrogens is 124 g/mol. The molecule has 0 aromatic rings. The van der Waals surface area contributed by atoms with E-state index in [9.17, 15) is 12.9 Å². The van der Waals surface area contributed by atoms with Crippen LogP contribution >= 0.6 is 0 Å². The molecule has 52 valence electrons. The second kappa shape index (κ2) is 4.92. The quantitative estimate of drug-likeness (QED) is 0.398. The van der Waals surface area contributed by atoms with E-state index in [-0.39, 0.29) is 0 Å². The van der Waals surface area contributed by atoms with E-state index < -0.39 is 7.18 Å². The SMILES string of the molecule is CO.C[OH+][B-](F)(F)F. The number of rotatable bonds is 1. The fraction of sp³-hybridized carbons (Fsp3) is 1.00. The van der Waals surface area contributed by atoms with Gasteiger partial charge < -0.3 is 22.7 Å². The molecule has 0 atom stereocenters. The maximum Gasteiger partial charge on any atom is 0.842 e. The number of hydrogen-bond acceptors (Lipinski definition) is 1. The Morgan fingerprint density at radius 3 is 1.38 bits per heavy atom. The van der Waals surface area contributed by atoms with E-state index in [4.69, 9.17) is 5.11 Å². The van der Waals surface area contributed by atoms with Crippen LogP contribution in [-0.4, -0.2) is 31.2 Å². The molecule has 0 amide bonds. The van der Waals surface area contributed by atoms with E-state index in [1.165, 1.54) is 0 Å². The maximum atomic E-state index is 10.7. The van der Waals surface area contributed by atoms with Crippen LogP contribution in [0.25, 0.3) is 0 Å². The molecule has 0 heterocycles. The fourth-order valence-corrected chi connectivity index (χ4v) is 0. The number of halogens is 3. The lowest BCUT2D eigenvalue weighted by atomic mass is 10.3. The third-order valence-electron chi connectivity index (χ3n) is 0.293. The summed E-state index contributed by atoms with van der Waals surface area (Å²) in [6.07, 6.45) is 0. The van der Waals surface area contributed by atoms with Gasteiger partial charge in [-0.3, -0.25) is 0 Å². The molecule has 0 aliphatic carbocycles. The molecule has 0 aromatic carbocycles. The topological polar surface area (TPSA) is 33.0 Å². The van der Waals surface area contributed by atoms with Gasteiger partial charge in [0.05, 0.1) is 7.11 Å². The van der Waals surface area contributed by atoms with Crippen molar-refractivity contribution in [3.63, 3.8) is 0 Å². The zero-order valence-corrected chi connectivity index (χ0v) is 4.61. The third kappa shape index (κ3) is 17.1. The average Bonchev–Trinajstić information content (AvgIpc) is 1.71. The Morgan fingerprint density at radius 1 is 1.25 bits per heavy atom. The van der Waals surface area contributed by atoms with Gasteiger partial charge in [0, 0.05) is 7.11 Å². The van der Waals surface area contributed by atoms with E-state index in [0.717, 1.165) is 14.2 Å². The van der Waals surface area contributed by atoms with Gasteiger partial charge in [-0.05, 0) is 0 Å². The summed E-state index contributed by atoms with van der Waals surface area (Å²) in [7, 11) is -3.12. The molecule has 8 heavy (non-hydrogen) atoms. The lowest BCUT2D eigenvalue weighted by Gasteiger charge is -2.02. The van der Waals surface area contributed by atoms with Crippen LogP contribution in [0, 0.1) is 0 Å². The van der Waals surface area contributed by atoms with Crippen molar-refractivity contribution >= 4 is 7.18 Å². The Bertz CT molecular complexity index is 45.0. The Kier molecular flexibility index (Phi) is 6.58. The van der Waals surface area contributed by atoms with Gasteiger partial charge in [-0.1, -0.05) is 0 Å². The van der Waals surface area contributed by atoms with Crippen molar-refractivity contribution in [2.75, 3.05) is 14.2 Å². The molecule has 0 fully saturated rings. The molecule has 0 aliphatic heterocycles. The maximum absolute atomic E-state index is 10.7. The first-order chi connectivity index (χ1) is 3.56. The van der Waals surface area contributed by atoms with E-state index in [2.05, 4.69) is 4.65 Å². The molecular formula is C2H8BF3O2. The molecule has 6 heteroatoms. The van der Waals surface area contributed by atoms with Gasteiger partial charge in [-0.2, -0.15) is 0 Å². The molecule has 0 aromatic heterocycles. The van der Waals surface area contributed by atoms with E-state index in [0.29, 0.717) is 0 Å². The highest BCUT2D eigenvalue weighted by molar-refractivity contribution is 6.50. The second-order valence-electron chi connectivity index (χ2n) is 0.798. The average molecular weight is 132 g/mol. The molecule has 2 N–H and O–H groups in total. The van der Waals surface area contributed by atoms with Crippen LogP contribution in [0.2, 0.25) is 0 Å². The van der Waals surface area contributed by atoms with Gasteiger partial charge in [-0.25, -0.2) is 0 Å². The van der Waals surface area contributed by atoms with Crippen LogP contribution in [0.3, 0.4) is 0 Å². The van der Waals surface area contributed by atoms with E-state index in [1.807, 2.05) is 0 Å². The highest BCUT2D eigenvalue weighted by atomic mass is 19.4. The molecule has 0 saturated heterocycles. The minimum absolute atomic E-state index is 0.736. The van der Waals surface area contributed by atoms with Crippen molar-refractivity contribution in [1.82, 2.24) is 0 Å². The van der Waals surface area contributed by atoms with Gasteiger partial charge in [-0.15, -0.1) is 0 Å². The van der Waals surface area contributed by atoms with Crippen LogP contribution in [0.15, 0.2) is 0 Å². The number of hydrogen-bond donors (Lipinski definition) is 1. The molecule has 0 aliphatic rings. The van der Waals surface area contributed by atoms with Crippen molar-refractivity contribution in [3.05, 3.63) is 0 Å². The Labute approximate surface area is 45.4 Å². The van der Waals surface area contributed by atoms with Crippen LogP contribution in [0.5, 0.6) is 0 Å². The summed E-state index contributed by atoms with van der Waals surface area (Å²) in [4.78, 5) is 0. The largest absolute Gasteiger partial charge is 0.842 e. The normalized spacial score (nSPS) is 9.75. The smallest absolute Gasteiger partial charge is 0.595 e. The lowest BCUT2D eigenvalue weighted by molar-refractivity contribution is 0.0856.